The Balaban J connectivity index is 1.25. The molecule has 3 aromatic carbocycles. The van der Waals surface area contributed by atoms with Crippen molar-refractivity contribution < 1.29 is 46.5 Å². The molecule has 51 heavy (non-hydrogen) atoms. The zero-order valence-corrected chi connectivity index (χ0v) is 28.6. The van der Waals surface area contributed by atoms with Crippen LogP contribution in [0.5, 0.6) is 0 Å². The molecule has 0 spiro atoms. The SMILES string of the molecule is COC(=O)N[C@H](C(=O)Nc1cccc(F)c1CC[C@@H]1CN[C@H](COC(=O)N[C@@H]2CCCOC2)CO1)[C@H](c1cccc(F)c1)c1ccc(Cl)c(F)c1. The van der Waals surface area contributed by atoms with Crippen LogP contribution in [0.25, 0.3) is 0 Å². The van der Waals surface area contributed by atoms with E-state index in [-0.39, 0.29) is 65.2 Å². The summed E-state index contributed by atoms with van der Waals surface area (Å²) < 4.78 is 65.9. The minimum Gasteiger partial charge on any atom is -0.453 e. The Labute approximate surface area is 298 Å². The number of methoxy groups -OCH3 is 1. The molecule has 0 bridgehead atoms. The minimum absolute atomic E-state index is 0.0721. The van der Waals surface area contributed by atoms with Crippen molar-refractivity contribution in [2.24, 2.45) is 0 Å². The fourth-order valence-corrected chi connectivity index (χ4v) is 6.23. The topological polar surface area (TPSA) is 136 Å². The molecule has 0 aliphatic carbocycles. The van der Waals surface area contributed by atoms with Crippen LogP contribution in [-0.2, 0) is 30.2 Å². The Kier molecular flexibility index (Phi) is 13.5. The quantitative estimate of drug-likeness (QED) is 0.193. The highest BCUT2D eigenvalue weighted by Gasteiger charge is 2.34. The van der Waals surface area contributed by atoms with Crippen LogP contribution in [0.4, 0.5) is 28.4 Å². The first-order valence-electron chi connectivity index (χ1n) is 16.6. The van der Waals surface area contributed by atoms with Gasteiger partial charge in [-0.3, -0.25) is 4.79 Å². The summed E-state index contributed by atoms with van der Waals surface area (Å²) in [6, 6.07) is 11.6. The predicted octanol–water partition coefficient (Wildman–Crippen LogP) is 5.45. The van der Waals surface area contributed by atoms with Crippen LogP contribution in [0.1, 0.15) is 41.9 Å². The number of amides is 3. The average molecular weight is 733 g/mol. The maximum absolute atomic E-state index is 15.3. The predicted molar refractivity (Wildman–Crippen MR) is 182 cm³/mol. The van der Waals surface area contributed by atoms with Gasteiger partial charge in [0, 0.05) is 30.3 Å². The lowest BCUT2D eigenvalue weighted by atomic mass is 9.84. The summed E-state index contributed by atoms with van der Waals surface area (Å²) in [5, 5.41) is 11.1. The molecular formula is C36H40ClF3N4O7. The van der Waals surface area contributed by atoms with E-state index in [1.807, 2.05) is 0 Å². The number of rotatable bonds is 12. The van der Waals surface area contributed by atoms with Crippen LogP contribution in [-0.4, -0.2) is 82.4 Å². The molecule has 2 aliphatic heterocycles. The van der Waals surface area contributed by atoms with Gasteiger partial charge in [-0.15, -0.1) is 0 Å². The molecule has 0 saturated carbocycles. The number of hydrogen-bond acceptors (Lipinski definition) is 8. The molecule has 3 aromatic rings. The van der Waals surface area contributed by atoms with E-state index in [4.69, 9.17) is 30.5 Å². The van der Waals surface area contributed by atoms with Gasteiger partial charge < -0.3 is 40.2 Å². The average Bonchev–Trinajstić information content (AvgIpc) is 3.12. The van der Waals surface area contributed by atoms with E-state index < -0.39 is 47.5 Å². The molecule has 11 nitrogen and oxygen atoms in total. The molecule has 2 heterocycles. The molecule has 3 amide bonds. The van der Waals surface area contributed by atoms with Gasteiger partial charge in [0.25, 0.3) is 0 Å². The van der Waals surface area contributed by atoms with Gasteiger partial charge in [0.1, 0.15) is 30.1 Å². The molecule has 5 rings (SSSR count). The first kappa shape index (κ1) is 37.9. The van der Waals surface area contributed by atoms with Crippen LogP contribution in [0.2, 0.25) is 5.02 Å². The van der Waals surface area contributed by atoms with Crippen LogP contribution < -0.4 is 21.3 Å². The molecular weight excluding hydrogens is 693 g/mol. The van der Waals surface area contributed by atoms with Gasteiger partial charge in [-0.1, -0.05) is 35.9 Å². The lowest BCUT2D eigenvalue weighted by Gasteiger charge is -2.31. The molecule has 0 unspecified atom stereocenters. The second-order valence-corrected chi connectivity index (χ2v) is 12.7. The van der Waals surface area contributed by atoms with Crippen molar-refractivity contribution in [1.29, 1.82) is 0 Å². The number of alkyl carbamates (subject to hydrolysis) is 2. The van der Waals surface area contributed by atoms with Crippen LogP contribution in [0.15, 0.2) is 60.7 Å². The van der Waals surface area contributed by atoms with E-state index in [0.29, 0.717) is 26.2 Å². The Bertz CT molecular complexity index is 1670. The Morgan fingerprint density at radius 2 is 1.80 bits per heavy atom. The van der Waals surface area contributed by atoms with E-state index in [1.54, 1.807) is 0 Å². The number of benzene rings is 3. The number of anilines is 1. The molecule has 2 aliphatic rings. The maximum Gasteiger partial charge on any atom is 0.407 e. The summed E-state index contributed by atoms with van der Waals surface area (Å²) >= 11 is 5.92. The standard InChI is InChI=1S/C36H40ClF3N4O7/c1-48-35(46)44-33(32(21-5-2-6-23(38)15-21)22-10-13-28(37)30(40)16-22)34(45)43-31-9-3-8-29(39)27(31)12-11-26-17-41-25(19-50-26)20-51-36(47)42-24-7-4-14-49-18-24/h2-3,5-6,8-10,13,15-16,24-26,32-33,41H,4,7,11-12,14,17-20H2,1H3,(H,42,47)(H,43,45)(H,44,46)/t24-,25+,26-,32-,33+/m1/s1. The summed E-state index contributed by atoms with van der Waals surface area (Å²) in [7, 11) is 1.11. The van der Waals surface area contributed by atoms with E-state index >= 15 is 4.39 Å². The van der Waals surface area contributed by atoms with Gasteiger partial charge in [0.2, 0.25) is 5.91 Å². The van der Waals surface area contributed by atoms with Gasteiger partial charge in [0.15, 0.2) is 0 Å². The third-order valence-electron chi connectivity index (χ3n) is 8.74. The normalized spacial score (nSPS) is 20.1. The number of halogens is 4. The van der Waals surface area contributed by atoms with Crippen LogP contribution >= 0.6 is 11.6 Å². The largest absolute Gasteiger partial charge is 0.453 e. The third kappa shape index (κ3) is 10.6. The molecule has 0 radical (unpaired) electrons. The minimum atomic E-state index is -1.47. The summed E-state index contributed by atoms with van der Waals surface area (Å²) in [6.45, 7) is 1.93. The fourth-order valence-electron chi connectivity index (χ4n) is 6.11. The van der Waals surface area contributed by atoms with Crippen molar-refractivity contribution in [2.75, 3.05) is 45.4 Å². The summed E-state index contributed by atoms with van der Waals surface area (Å²) in [6.07, 6.45) is 0.468. The maximum atomic E-state index is 15.3. The number of nitrogens with one attached hydrogen (secondary N) is 4. The molecule has 4 N–H and O–H groups in total. The van der Waals surface area contributed by atoms with Crippen molar-refractivity contribution in [2.45, 2.75) is 55.8 Å². The molecule has 0 aromatic heterocycles. The highest BCUT2D eigenvalue weighted by atomic mass is 35.5. The smallest absolute Gasteiger partial charge is 0.407 e. The van der Waals surface area contributed by atoms with Crippen molar-refractivity contribution in [1.82, 2.24) is 16.0 Å². The van der Waals surface area contributed by atoms with Crippen molar-refractivity contribution in [3.8, 4) is 0 Å². The molecule has 5 atom stereocenters. The van der Waals surface area contributed by atoms with E-state index in [2.05, 4.69) is 21.3 Å². The van der Waals surface area contributed by atoms with E-state index in [1.165, 1.54) is 54.6 Å². The van der Waals surface area contributed by atoms with E-state index in [0.717, 1.165) is 26.0 Å². The van der Waals surface area contributed by atoms with Gasteiger partial charge in [-0.2, -0.15) is 0 Å². The van der Waals surface area contributed by atoms with Gasteiger partial charge in [0.05, 0.1) is 43.5 Å². The molecule has 2 fully saturated rings. The van der Waals surface area contributed by atoms with Crippen LogP contribution in [0, 0.1) is 17.5 Å². The Hall–Kier alpha value is -4.37. The number of ether oxygens (including phenoxy) is 4. The lowest BCUT2D eigenvalue weighted by molar-refractivity contribution is -0.118. The van der Waals surface area contributed by atoms with E-state index in [9.17, 15) is 23.2 Å². The summed E-state index contributed by atoms with van der Waals surface area (Å²) in [5.41, 5.74) is 0.794. The van der Waals surface area contributed by atoms with Crippen molar-refractivity contribution in [3.05, 3.63) is 99.8 Å². The van der Waals surface area contributed by atoms with Gasteiger partial charge >= 0.3 is 12.2 Å². The van der Waals surface area contributed by atoms with Crippen molar-refractivity contribution >= 4 is 35.4 Å². The Morgan fingerprint density at radius 3 is 2.51 bits per heavy atom. The number of carbonyl (C=O) groups excluding carboxylic acids is 3. The highest BCUT2D eigenvalue weighted by Crippen LogP contribution is 2.32. The molecule has 274 valence electrons. The molecule has 15 heteroatoms. The number of hydrogen-bond donors (Lipinski definition) is 4. The number of carbonyl (C=O) groups is 3. The first-order chi connectivity index (χ1) is 24.6. The zero-order chi connectivity index (χ0) is 36.3. The first-order valence-corrected chi connectivity index (χ1v) is 17.0. The number of morpholine rings is 1. The molecule has 2 saturated heterocycles. The Morgan fingerprint density at radius 1 is 1.00 bits per heavy atom. The van der Waals surface area contributed by atoms with Crippen molar-refractivity contribution in [3.63, 3.8) is 0 Å². The van der Waals surface area contributed by atoms with Gasteiger partial charge in [-0.25, -0.2) is 22.8 Å². The lowest BCUT2D eigenvalue weighted by Crippen LogP contribution is -2.50. The second kappa shape index (κ2) is 18.2. The highest BCUT2D eigenvalue weighted by molar-refractivity contribution is 6.30. The zero-order valence-electron chi connectivity index (χ0n) is 27.9. The fraction of sp³-hybridized carbons (Fsp3) is 0.417. The third-order valence-corrected chi connectivity index (χ3v) is 9.05. The summed E-state index contributed by atoms with van der Waals surface area (Å²) in [5.74, 6) is -3.89. The second-order valence-electron chi connectivity index (χ2n) is 12.3. The summed E-state index contributed by atoms with van der Waals surface area (Å²) in [4.78, 5) is 38.7. The monoisotopic (exact) mass is 732 g/mol. The van der Waals surface area contributed by atoms with Gasteiger partial charge in [-0.05, 0) is 73.2 Å². The van der Waals surface area contributed by atoms with Crippen LogP contribution in [0.3, 0.4) is 0 Å².